The molecule has 0 saturated heterocycles. The maximum absolute atomic E-state index is 12.3. The molecule has 1 atom stereocenters. The summed E-state index contributed by atoms with van der Waals surface area (Å²) in [6.07, 6.45) is 2.08. The summed E-state index contributed by atoms with van der Waals surface area (Å²) in [5, 5.41) is 3.91. The first-order valence-electron chi connectivity index (χ1n) is 6.03. The van der Waals surface area contributed by atoms with Crippen molar-refractivity contribution in [2.45, 2.75) is 43.6 Å². The van der Waals surface area contributed by atoms with Gasteiger partial charge in [0.2, 0.25) is 9.84 Å². The molecule has 18 heavy (non-hydrogen) atoms. The van der Waals surface area contributed by atoms with E-state index in [-0.39, 0.29) is 9.94 Å². The third-order valence-corrected chi connectivity index (χ3v) is 4.77. The lowest BCUT2D eigenvalue weighted by Gasteiger charge is -2.19. The van der Waals surface area contributed by atoms with Crippen LogP contribution in [0.2, 0.25) is 0 Å². The van der Waals surface area contributed by atoms with Crippen molar-refractivity contribution in [1.82, 2.24) is 0 Å². The van der Waals surface area contributed by atoms with Gasteiger partial charge < -0.3 is 4.84 Å². The SMILES string of the molecule is CCCC1(C)CC(S(=O)(=O)c2ccccc2)=NO1. The fourth-order valence-corrected chi connectivity index (χ4v) is 3.51. The summed E-state index contributed by atoms with van der Waals surface area (Å²) >= 11 is 0. The first-order valence-corrected chi connectivity index (χ1v) is 7.51. The van der Waals surface area contributed by atoms with Crippen LogP contribution in [0.4, 0.5) is 0 Å². The molecule has 1 aromatic rings. The van der Waals surface area contributed by atoms with Gasteiger partial charge in [0.05, 0.1) is 4.90 Å². The van der Waals surface area contributed by atoms with Crippen molar-refractivity contribution < 1.29 is 13.3 Å². The summed E-state index contributed by atoms with van der Waals surface area (Å²) in [7, 11) is -3.50. The molecule has 0 N–H and O–H groups in total. The number of benzene rings is 1. The van der Waals surface area contributed by atoms with Gasteiger partial charge in [0.1, 0.15) is 5.60 Å². The summed E-state index contributed by atoms with van der Waals surface area (Å²) in [5.74, 6) is 0. The smallest absolute Gasteiger partial charge is 0.223 e. The van der Waals surface area contributed by atoms with E-state index in [1.165, 1.54) is 0 Å². The van der Waals surface area contributed by atoms with Gasteiger partial charge in [0, 0.05) is 6.42 Å². The second-order valence-corrected chi connectivity index (χ2v) is 6.72. The largest absolute Gasteiger partial charge is 0.388 e. The maximum Gasteiger partial charge on any atom is 0.223 e. The third kappa shape index (κ3) is 2.41. The Labute approximate surface area is 108 Å². The number of hydrogen-bond donors (Lipinski definition) is 0. The van der Waals surface area contributed by atoms with Crippen LogP contribution < -0.4 is 0 Å². The van der Waals surface area contributed by atoms with E-state index >= 15 is 0 Å². The van der Waals surface area contributed by atoms with Crippen molar-refractivity contribution in [3.63, 3.8) is 0 Å². The molecule has 0 amide bonds. The van der Waals surface area contributed by atoms with Crippen LogP contribution in [0.1, 0.15) is 33.1 Å². The highest BCUT2D eigenvalue weighted by molar-refractivity contribution is 8.06. The first kappa shape index (κ1) is 13.1. The Morgan fingerprint density at radius 3 is 2.61 bits per heavy atom. The number of nitrogens with zero attached hydrogens (tertiary/aromatic N) is 1. The lowest BCUT2D eigenvalue weighted by molar-refractivity contribution is -0.0102. The first-order chi connectivity index (χ1) is 8.48. The molecule has 1 unspecified atom stereocenters. The predicted molar refractivity (Wildman–Crippen MR) is 70.1 cm³/mol. The van der Waals surface area contributed by atoms with E-state index in [4.69, 9.17) is 4.84 Å². The van der Waals surface area contributed by atoms with E-state index in [1.807, 2.05) is 13.8 Å². The molecule has 0 saturated carbocycles. The van der Waals surface area contributed by atoms with Crippen molar-refractivity contribution in [3.05, 3.63) is 30.3 Å². The molecule has 0 spiro atoms. The molecule has 4 nitrogen and oxygen atoms in total. The Balaban J connectivity index is 2.25. The van der Waals surface area contributed by atoms with E-state index < -0.39 is 15.4 Å². The zero-order chi connectivity index (χ0) is 13.2. The molecule has 1 aromatic carbocycles. The molecule has 0 aliphatic carbocycles. The standard InChI is InChI=1S/C13H17NO3S/c1-3-9-13(2)10-12(14-17-13)18(15,16)11-7-5-4-6-8-11/h4-8H,3,9-10H2,1-2H3. The fraction of sp³-hybridized carbons (Fsp3) is 0.462. The minimum absolute atomic E-state index is 0.129. The van der Waals surface area contributed by atoms with Gasteiger partial charge in [-0.15, -0.1) is 0 Å². The van der Waals surface area contributed by atoms with E-state index in [0.717, 1.165) is 12.8 Å². The molecule has 1 aliphatic rings. The van der Waals surface area contributed by atoms with Crippen LogP contribution in [-0.4, -0.2) is 19.1 Å². The highest BCUT2D eigenvalue weighted by Crippen LogP contribution is 2.31. The predicted octanol–water partition coefficient (Wildman–Crippen LogP) is 2.75. The van der Waals surface area contributed by atoms with Gasteiger partial charge in [0.15, 0.2) is 5.04 Å². The average molecular weight is 267 g/mol. The minimum atomic E-state index is -3.50. The monoisotopic (exact) mass is 267 g/mol. The van der Waals surface area contributed by atoms with Crippen LogP contribution >= 0.6 is 0 Å². The molecule has 5 heteroatoms. The van der Waals surface area contributed by atoms with Gasteiger partial charge in [-0.05, 0) is 25.5 Å². The normalized spacial score (nSPS) is 23.6. The Kier molecular flexibility index (Phi) is 3.43. The highest BCUT2D eigenvalue weighted by Gasteiger charge is 2.39. The number of oxime groups is 1. The molecule has 0 bridgehead atoms. The van der Waals surface area contributed by atoms with Gasteiger partial charge in [-0.25, -0.2) is 8.42 Å². The zero-order valence-corrected chi connectivity index (χ0v) is 11.4. The Bertz CT molecular complexity index is 551. The molecule has 0 radical (unpaired) electrons. The van der Waals surface area contributed by atoms with E-state index in [9.17, 15) is 8.42 Å². The van der Waals surface area contributed by atoms with Crippen molar-refractivity contribution in [2.75, 3.05) is 0 Å². The van der Waals surface area contributed by atoms with Crippen molar-refractivity contribution >= 4 is 14.9 Å². The molecular formula is C13H17NO3S. The number of hydrogen-bond acceptors (Lipinski definition) is 4. The molecule has 98 valence electrons. The zero-order valence-electron chi connectivity index (χ0n) is 10.6. The maximum atomic E-state index is 12.3. The van der Waals surface area contributed by atoms with Gasteiger partial charge in [0.25, 0.3) is 0 Å². The second-order valence-electron chi connectivity index (χ2n) is 4.77. The summed E-state index contributed by atoms with van der Waals surface area (Å²) in [6, 6.07) is 8.34. The van der Waals surface area contributed by atoms with Crippen molar-refractivity contribution in [1.29, 1.82) is 0 Å². The van der Waals surface area contributed by atoms with Crippen LogP contribution in [-0.2, 0) is 14.7 Å². The number of rotatable bonds is 3. The Morgan fingerprint density at radius 1 is 1.33 bits per heavy atom. The van der Waals surface area contributed by atoms with Gasteiger partial charge in [-0.3, -0.25) is 0 Å². The Hall–Kier alpha value is -1.36. The lowest BCUT2D eigenvalue weighted by atomic mass is 9.98. The molecule has 1 aliphatic heterocycles. The average Bonchev–Trinajstić information content (AvgIpc) is 2.74. The van der Waals surface area contributed by atoms with E-state index in [2.05, 4.69) is 5.16 Å². The van der Waals surface area contributed by atoms with Gasteiger partial charge in [-0.1, -0.05) is 36.7 Å². The third-order valence-electron chi connectivity index (χ3n) is 3.04. The van der Waals surface area contributed by atoms with Crippen LogP contribution in [0.5, 0.6) is 0 Å². The van der Waals surface area contributed by atoms with Crippen LogP contribution in [0, 0.1) is 0 Å². The van der Waals surface area contributed by atoms with Crippen LogP contribution in [0.15, 0.2) is 40.4 Å². The summed E-state index contributed by atoms with van der Waals surface area (Å²) < 4.78 is 24.6. The van der Waals surface area contributed by atoms with E-state index in [1.54, 1.807) is 30.3 Å². The molecule has 1 heterocycles. The van der Waals surface area contributed by atoms with Crippen LogP contribution in [0.3, 0.4) is 0 Å². The lowest BCUT2D eigenvalue weighted by Crippen LogP contribution is -2.26. The van der Waals surface area contributed by atoms with Crippen molar-refractivity contribution in [3.8, 4) is 0 Å². The highest BCUT2D eigenvalue weighted by atomic mass is 32.2. The molecule has 0 fully saturated rings. The fourth-order valence-electron chi connectivity index (χ4n) is 2.09. The van der Waals surface area contributed by atoms with Crippen molar-refractivity contribution in [2.24, 2.45) is 5.16 Å². The summed E-state index contributed by atoms with van der Waals surface area (Å²) in [5.41, 5.74) is -0.480. The molecule has 0 aromatic heterocycles. The molecule has 2 rings (SSSR count). The Morgan fingerprint density at radius 2 is 2.00 bits per heavy atom. The summed E-state index contributed by atoms with van der Waals surface area (Å²) in [4.78, 5) is 5.58. The topological polar surface area (TPSA) is 55.7 Å². The quantitative estimate of drug-likeness (QED) is 0.846. The van der Waals surface area contributed by atoms with Gasteiger partial charge >= 0.3 is 0 Å². The number of sulfone groups is 1. The van der Waals surface area contributed by atoms with Crippen LogP contribution in [0.25, 0.3) is 0 Å². The van der Waals surface area contributed by atoms with E-state index in [0.29, 0.717) is 6.42 Å². The second kappa shape index (κ2) is 4.72. The van der Waals surface area contributed by atoms with Gasteiger partial charge in [-0.2, -0.15) is 0 Å². The minimum Gasteiger partial charge on any atom is -0.388 e. The summed E-state index contributed by atoms with van der Waals surface area (Å²) in [6.45, 7) is 3.94. The molecular weight excluding hydrogens is 250 g/mol.